The Balaban J connectivity index is 1.77. The van der Waals surface area contributed by atoms with Crippen LogP contribution in [0, 0.1) is 12.5 Å². The Kier molecular flexibility index (Phi) is 6.17. The van der Waals surface area contributed by atoms with E-state index in [0.717, 1.165) is 69.8 Å². The number of nitrogens with one attached hydrogen (secondary N) is 1. The maximum absolute atomic E-state index is 10.9. The van der Waals surface area contributed by atoms with Crippen LogP contribution >= 0.6 is 11.6 Å². The molecule has 2 aromatic carbocycles. The lowest BCUT2D eigenvalue weighted by molar-refractivity contribution is -0.131. The Hall–Kier alpha value is -4.21. The molecule has 2 heterocycles. The SMILES string of the molecule is [C-]#[N+]c1[nH]nc2ccc(/C(=C(/c3ncccc3Cl)C3CCC3)c3ccc(/C=C/C(=O)O)cc3)cc12. The van der Waals surface area contributed by atoms with E-state index in [-0.39, 0.29) is 0 Å². The van der Waals surface area contributed by atoms with E-state index in [1.165, 1.54) is 0 Å². The van der Waals surface area contributed by atoms with Gasteiger partial charge in [0, 0.05) is 17.7 Å². The van der Waals surface area contributed by atoms with Crippen LogP contribution in [-0.2, 0) is 4.79 Å². The van der Waals surface area contributed by atoms with Crippen LogP contribution in [0.15, 0.2) is 66.9 Å². The highest BCUT2D eigenvalue weighted by atomic mass is 35.5. The van der Waals surface area contributed by atoms with Gasteiger partial charge in [0.05, 0.1) is 10.7 Å². The largest absolute Gasteiger partial charge is 0.478 e. The molecule has 6 nitrogen and oxygen atoms in total. The van der Waals surface area contributed by atoms with Crippen LogP contribution < -0.4 is 0 Å². The van der Waals surface area contributed by atoms with Crippen LogP contribution in [0.2, 0.25) is 5.02 Å². The number of carboxylic acid groups (broad SMARTS) is 1. The van der Waals surface area contributed by atoms with Crippen LogP contribution in [0.5, 0.6) is 0 Å². The summed E-state index contributed by atoms with van der Waals surface area (Å²) in [5, 5.41) is 17.4. The highest BCUT2D eigenvalue weighted by Gasteiger charge is 2.29. The van der Waals surface area contributed by atoms with Crippen LogP contribution in [0.1, 0.15) is 41.6 Å². The fourth-order valence-corrected chi connectivity index (χ4v) is 4.66. The first-order valence-corrected chi connectivity index (χ1v) is 11.7. The fraction of sp³-hybridized carbons (Fsp3) is 0.143. The van der Waals surface area contributed by atoms with Crippen LogP contribution in [-0.4, -0.2) is 26.3 Å². The maximum atomic E-state index is 10.9. The zero-order valence-corrected chi connectivity index (χ0v) is 19.5. The van der Waals surface area contributed by atoms with Gasteiger partial charge in [0.2, 0.25) is 0 Å². The summed E-state index contributed by atoms with van der Waals surface area (Å²) < 4.78 is 0. The quantitative estimate of drug-likeness (QED) is 0.229. The summed E-state index contributed by atoms with van der Waals surface area (Å²) >= 11 is 6.67. The molecule has 1 aliphatic rings. The number of benzene rings is 2. The van der Waals surface area contributed by atoms with E-state index in [2.05, 4.69) is 20.0 Å². The zero-order valence-electron chi connectivity index (χ0n) is 18.7. The van der Waals surface area contributed by atoms with Gasteiger partial charge in [-0.3, -0.25) is 4.98 Å². The van der Waals surface area contributed by atoms with Crippen molar-refractivity contribution >= 4 is 51.5 Å². The van der Waals surface area contributed by atoms with Gasteiger partial charge in [-0.2, -0.15) is 0 Å². The molecule has 1 fully saturated rings. The number of hydrogen-bond acceptors (Lipinski definition) is 3. The predicted molar refractivity (Wildman–Crippen MR) is 138 cm³/mol. The minimum Gasteiger partial charge on any atom is -0.478 e. The van der Waals surface area contributed by atoms with Crippen molar-refractivity contribution in [1.82, 2.24) is 15.2 Å². The van der Waals surface area contributed by atoms with E-state index >= 15 is 0 Å². The maximum Gasteiger partial charge on any atom is 0.328 e. The van der Waals surface area contributed by atoms with E-state index in [4.69, 9.17) is 23.3 Å². The number of carboxylic acids is 1. The highest BCUT2D eigenvalue weighted by molar-refractivity contribution is 6.32. The Morgan fingerprint density at radius 3 is 2.57 bits per heavy atom. The molecule has 2 N–H and O–H groups in total. The average Bonchev–Trinajstić information content (AvgIpc) is 3.25. The summed E-state index contributed by atoms with van der Waals surface area (Å²) in [7, 11) is 0. The molecular formula is C28H21ClN4O2. The molecule has 7 heteroatoms. The molecule has 2 aromatic heterocycles. The van der Waals surface area contributed by atoms with Gasteiger partial charge in [-0.05, 0) is 70.9 Å². The second-order valence-electron chi connectivity index (χ2n) is 8.46. The molecule has 0 atom stereocenters. The Morgan fingerprint density at radius 2 is 1.91 bits per heavy atom. The number of fused-ring (bicyclic) bond motifs is 1. The molecule has 0 aliphatic heterocycles. The molecule has 5 rings (SSSR count). The number of nitrogens with zero attached hydrogens (tertiary/aromatic N) is 3. The lowest BCUT2D eigenvalue weighted by atomic mass is 9.74. The van der Waals surface area contributed by atoms with Gasteiger partial charge in [-0.1, -0.05) is 61.0 Å². The minimum atomic E-state index is -0.990. The molecule has 35 heavy (non-hydrogen) atoms. The van der Waals surface area contributed by atoms with Crippen LogP contribution in [0.4, 0.5) is 5.82 Å². The van der Waals surface area contributed by atoms with Crippen molar-refractivity contribution in [3.63, 3.8) is 0 Å². The molecule has 0 radical (unpaired) electrons. The predicted octanol–water partition coefficient (Wildman–Crippen LogP) is 7.02. The van der Waals surface area contributed by atoms with E-state index in [1.807, 2.05) is 54.6 Å². The monoisotopic (exact) mass is 480 g/mol. The summed E-state index contributed by atoms with van der Waals surface area (Å²) in [6, 6.07) is 17.4. The Morgan fingerprint density at radius 1 is 1.14 bits per heavy atom. The van der Waals surface area contributed by atoms with Crippen LogP contribution in [0.25, 0.3) is 33.0 Å². The first kappa shape index (κ1) is 22.6. The highest BCUT2D eigenvalue weighted by Crippen LogP contribution is 2.46. The summed E-state index contributed by atoms with van der Waals surface area (Å²) in [4.78, 5) is 19.2. The summed E-state index contributed by atoms with van der Waals surface area (Å²) in [5.74, 6) is -0.281. The van der Waals surface area contributed by atoms with Crippen molar-refractivity contribution in [3.8, 4) is 0 Å². The standard InChI is InChI=1S/C28H21ClN4O2/c1-30-28-21-16-20(12-13-23(21)32-33-28)25(19-10-7-17(8-11-19)9-14-24(34)35)26(18-4-2-5-18)27-22(29)6-3-15-31-27/h3,6-16,18H,2,4-5H2,(H,32,33)(H,34,35)/b14-9+,26-25+. The normalized spacial score (nSPS) is 14.5. The van der Waals surface area contributed by atoms with Crippen molar-refractivity contribution in [2.45, 2.75) is 19.3 Å². The van der Waals surface area contributed by atoms with E-state index < -0.39 is 5.97 Å². The summed E-state index contributed by atoms with van der Waals surface area (Å²) in [5.41, 5.74) is 6.29. The number of carbonyl (C=O) groups is 1. The molecular weight excluding hydrogens is 460 g/mol. The smallest absolute Gasteiger partial charge is 0.328 e. The number of H-pyrrole nitrogens is 1. The van der Waals surface area contributed by atoms with Gasteiger partial charge < -0.3 is 9.95 Å². The number of pyridine rings is 1. The van der Waals surface area contributed by atoms with Gasteiger partial charge >= 0.3 is 5.97 Å². The van der Waals surface area contributed by atoms with Crippen molar-refractivity contribution in [2.24, 2.45) is 5.92 Å². The zero-order chi connectivity index (χ0) is 24.4. The van der Waals surface area contributed by atoms with Crippen molar-refractivity contribution < 1.29 is 9.90 Å². The van der Waals surface area contributed by atoms with E-state index in [1.54, 1.807) is 12.3 Å². The molecule has 4 aromatic rings. The Bertz CT molecular complexity index is 1520. The summed E-state index contributed by atoms with van der Waals surface area (Å²) in [6.45, 7) is 7.50. The molecule has 0 unspecified atom stereocenters. The molecule has 0 bridgehead atoms. The topological polar surface area (TPSA) is 83.2 Å². The van der Waals surface area contributed by atoms with Crippen molar-refractivity contribution in [3.05, 3.63) is 106 Å². The lowest BCUT2D eigenvalue weighted by Gasteiger charge is -2.31. The Labute approximate surface area is 207 Å². The van der Waals surface area contributed by atoms with Gasteiger partial charge in [0.1, 0.15) is 5.52 Å². The number of aromatic amines is 1. The van der Waals surface area contributed by atoms with Gasteiger partial charge in [-0.25, -0.2) is 9.89 Å². The molecule has 172 valence electrons. The van der Waals surface area contributed by atoms with Crippen molar-refractivity contribution in [1.29, 1.82) is 0 Å². The molecule has 1 aliphatic carbocycles. The fourth-order valence-electron chi connectivity index (χ4n) is 4.44. The second kappa shape index (κ2) is 9.57. The molecule has 0 spiro atoms. The molecule has 0 amide bonds. The van der Waals surface area contributed by atoms with Gasteiger partial charge in [0.25, 0.3) is 5.82 Å². The minimum absolute atomic E-state index is 0.310. The second-order valence-corrected chi connectivity index (χ2v) is 8.87. The summed E-state index contributed by atoms with van der Waals surface area (Å²) in [6.07, 6.45) is 7.69. The first-order valence-electron chi connectivity index (χ1n) is 11.3. The number of rotatable bonds is 6. The number of allylic oxidation sites excluding steroid dienone is 1. The average molecular weight is 481 g/mol. The lowest BCUT2D eigenvalue weighted by Crippen LogP contribution is -2.16. The third-order valence-corrected chi connectivity index (χ3v) is 6.65. The first-order chi connectivity index (χ1) is 17.0. The van der Waals surface area contributed by atoms with Gasteiger partial charge in [-0.15, -0.1) is 5.10 Å². The number of aliphatic carboxylic acids is 1. The third-order valence-electron chi connectivity index (χ3n) is 6.35. The number of aromatic nitrogens is 3. The molecule has 1 saturated carbocycles. The van der Waals surface area contributed by atoms with Gasteiger partial charge in [0.15, 0.2) is 0 Å². The number of hydrogen-bond donors (Lipinski definition) is 2. The number of halogens is 1. The van der Waals surface area contributed by atoms with E-state index in [0.29, 0.717) is 16.8 Å². The third kappa shape index (κ3) is 4.46. The van der Waals surface area contributed by atoms with E-state index in [9.17, 15) is 4.79 Å². The van der Waals surface area contributed by atoms with Crippen LogP contribution in [0.3, 0.4) is 0 Å². The van der Waals surface area contributed by atoms with Crippen molar-refractivity contribution in [2.75, 3.05) is 0 Å². The molecule has 0 saturated heterocycles.